The van der Waals surface area contributed by atoms with Crippen LogP contribution < -0.4 is 0 Å². The van der Waals surface area contributed by atoms with Gasteiger partial charge in [-0.1, -0.05) is 18.2 Å². The van der Waals surface area contributed by atoms with Crippen LogP contribution in [0.2, 0.25) is 0 Å². The normalized spacial score (nSPS) is 15.7. The summed E-state index contributed by atoms with van der Waals surface area (Å²) in [5, 5.41) is 9.86. The molecule has 21 heavy (non-hydrogen) atoms. The van der Waals surface area contributed by atoms with E-state index in [2.05, 4.69) is 0 Å². The van der Waals surface area contributed by atoms with Gasteiger partial charge in [0.1, 0.15) is 5.58 Å². The van der Waals surface area contributed by atoms with Crippen LogP contribution in [0.1, 0.15) is 35.4 Å². The molecule has 0 unspecified atom stereocenters. The van der Waals surface area contributed by atoms with Gasteiger partial charge in [0.25, 0.3) is 0 Å². The maximum Gasteiger partial charge on any atom is 0.372 e. The van der Waals surface area contributed by atoms with Gasteiger partial charge in [0.15, 0.2) is 0 Å². The van der Waals surface area contributed by atoms with Crippen molar-refractivity contribution in [3.8, 4) is 0 Å². The Hall–Kier alpha value is -2.63. The molecule has 0 saturated carbocycles. The number of piperidine rings is 1. The van der Waals surface area contributed by atoms with Gasteiger partial charge in [-0.3, -0.25) is 14.5 Å². The molecule has 0 bridgehead atoms. The topological polar surface area (TPSA) is 87.8 Å². The zero-order valence-electron chi connectivity index (χ0n) is 11.2. The third-order valence-electron chi connectivity index (χ3n) is 3.59. The van der Waals surface area contributed by atoms with Gasteiger partial charge >= 0.3 is 5.97 Å². The number of amides is 2. The molecule has 6 nitrogen and oxygen atoms in total. The minimum atomic E-state index is -1.21. The first-order chi connectivity index (χ1) is 10.1. The number of carbonyl (C=O) groups is 3. The number of likely N-dealkylation sites (tertiary alicyclic amines) is 1. The van der Waals surface area contributed by atoms with Crippen LogP contribution in [0.25, 0.3) is 11.0 Å². The van der Waals surface area contributed by atoms with Gasteiger partial charge in [0.05, 0.1) is 6.54 Å². The zero-order valence-corrected chi connectivity index (χ0v) is 11.2. The summed E-state index contributed by atoms with van der Waals surface area (Å²) in [6.45, 7) is -0.0592. The molecule has 6 heteroatoms. The number of imide groups is 1. The highest BCUT2D eigenvalue weighted by atomic mass is 16.4. The number of nitrogens with zero attached hydrogens (tertiary/aromatic N) is 1. The molecule has 0 spiro atoms. The highest BCUT2D eigenvalue weighted by Gasteiger charge is 2.29. The molecule has 1 saturated heterocycles. The monoisotopic (exact) mass is 287 g/mol. The van der Waals surface area contributed by atoms with Crippen molar-refractivity contribution in [2.45, 2.75) is 25.8 Å². The van der Waals surface area contributed by atoms with Crippen molar-refractivity contribution in [3.05, 3.63) is 35.6 Å². The van der Waals surface area contributed by atoms with Crippen molar-refractivity contribution >= 4 is 28.8 Å². The molecule has 0 aliphatic carbocycles. The summed E-state index contributed by atoms with van der Waals surface area (Å²) in [6.07, 6.45) is 1.17. The van der Waals surface area contributed by atoms with E-state index in [0.717, 1.165) is 4.90 Å². The summed E-state index contributed by atoms with van der Waals surface area (Å²) in [4.78, 5) is 36.2. The number of carboxylic acids is 1. The van der Waals surface area contributed by atoms with Crippen LogP contribution in [0.5, 0.6) is 0 Å². The average Bonchev–Trinajstić information content (AvgIpc) is 2.82. The Bertz CT molecular complexity index is 730. The average molecular weight is 287 g/mol. The molecule has 0 atom stereocenters. The van der Waals surface area contributed by atoms with Crippen LogP contribution in [0.3, 0.4) is 0 Å². The van der Waals surface area contributed by atoms with Gasteiger partial charge in [-0.05, 0) is 12.5 Å². The van der Waals surface area contributed by atoms with Crippen molar-refractivity contribution in [2.75, 3.05) is 0 Å². The van der Waals surface area contributed by atoms with Crippen LogP contribution in [-0.4, -0.2) is 27.8 Å². The second-order valence-corrected chi connectivity index (χ2v) is 4.94. The molecular weight excluding hydrogens is 274 g/mol. The van der Waals surface area contributed by atoms with Gasteiger partial charge in [-0.15, -0.1) is 0 Å². The van der Waals surface area contributed by atoms with E-state index in [1.54, 1.807) is 24.3 Å². The Balaban J connectivity index is 2.06. The summed E-state index contributed by atoms with van der Waals surface area (Å²) in [7, 11) is 0. The van der Waals surface area contributed by atoms with Crippen LogP contribution >= 0.6 is 0 Å². The van der Waals surface area contributed by atoms with E-state index >= 15 is 0 Å². The van der Waals surface area contributed by atoms with E-state index < -0.39 is 5.97 Å². The lowest BCUT2D eigenvalue weighted by Crippen LogP contribution is -2.39. The third kappa shape index (κ3) is 2.29. The van der Waals surface area contributed by atoms with Crippen molar-refractivity contribution in [2.24, 2.45) is 0 Å². The SMILES string of the molecule is O=C(O)c1oc2ccccc2c1CN1C(=O)CCCC1=O. The summed E-state index contributed by atoms with van der Waals surface area (Å²) in [5.74, 6) is -1.97. The summed E-state index contributed by atoms with van der Waals surface area (Å²) >= 11 is 0. The second-order valence-electron chi connectivity index (χ2n) is 4.94. The Morgan fingerprint density at radius 1 is 1.19 bits per heavy atom. The van der Waals surface area contributed by atoms with Crippen molar-refractivity contribution in [3.63, 3.8) is 0 Å². The highest BCUT2D eigenvalue weighted by Crippen LogP contribution is 2.28. The van der Waals surface area contributed by atoms with E-state index in [0.29, 0.717) is 35.8 Å². The lowest BCUT2D eigenvalue weighted by Gasteiger charge is -2.24. The number of aromatic carboxylic acids is 1. The maximum absolute atomic E-state index is 11.9. The highest BCUT2D eigenvalue weighted by molar-refractivity contribution is 5.99. The molecular formula is C15H13NO5. The number of carbonyl (C=O) groups excluding carboxylic acids is 2. The van der Waals surface area contributed by atoms with Crippen LogP contribution in [-0.2, 0) is 16.1 Å². The number of fused-ring (bicyclic) bond motifs is 1. The zero-order chi connectivity index (χ0) is 15.0. The minimum Gasteiger partial charge on any atom is -0.475 e. The second kappa shape index (κ2) is 5.05. The predicted molar refractivity (Wildman–Crippen MR) is 72.6 cm³/mol. The van der Waals surface area contributed by atoms with Gasteiger partial charge < -0.3 is 9.52 Å². The Morgan fingerprint density at radius 2 is 1.86 bits per heavy atom. The smallest absolute Gasteiger partial charge is 0.372 e. The molecule has 3 rings (SSSR count). The van der Waals surface area contributed by atoms with Crippen molar-refractivity contribution in [1.29, 1.82) is 0 Å². The Labute approximate surface area is 119 Å². The molecule has 108 valence electrons. The number of rotatable bonds is 3. The van der Waals surface area contributed by atoms with Crippen LogP contribution in [0.15, 0.2) is 28.7 Å². The summed E-state index contributed by atoms with van der Waals surface area (Å²) < 4.78 is 5.32. The molecule has 1 aliphatic rings. The molecule has 2 amide bonds. The van der Waals surface area contributed by atoms with E-state index in [1.165, 1.54) is 0 Å². The maximum atomic E-state index is 11.9. The lowest BCUT2D eigenvalue weighted by atomic mass is 10.1. The molecule has 1 fully saturated rings. The molecule has 2 heterocycles. The van der Waals surface area contributed by atoms with Crippen LogP contribution in [0, 0.1) is 0 Å². The fourth-order valence-electron chi connectivity index (χ4n) is 2.56. The largest absolute Gasteiger partial charge is 0.475 e. The van der Waals surface area contributed by atoms with Crippen molar-refractivity contribution in [1.82, 2.24) is 4.90 Å². The first kappa shape index (κ1) is 13.4. The molecule has 1 N–H and O–H groups in total. The first-order valence-corrected chi connectivity index (χ1v) is 6.65. The summed E-state index contributed by atoms with van der Waals surface area (Å²) in [6, 6.07) is 6.87. The lowest BCUT2D eigenvalue weighted by molar-refractivity contribution is -0.148. The molecule has 2 aromatic rings. The predicted octanol–water partition coefficient (Wildman–Crippen LogP) is 2.17. The number of hydrogen-bond donors (Lipinski definition) is 1. The van der Waals surface area contributed by atoms with Crippen LogP contribution in [0.4, 0.5) is 0 Å². The summed E-state index contributed by atoms with van der Waals surface area (Å²) in [5.41, 5.74) is 0.795. The fraction of sp³-hybridized carbons (Fsp3) is 0.267. The van der Waals surface area contributed by atoms with E-state index in [4.69, 9.17) is 4.42 Å². The van der Waals surface area contributed by atoms with Gasteiger partial charge in [0.2, 0.25) is 17.6 Å². The molecule has 1 aromatic heterocycles. The number of hydrogen-bond acceptors (Lipinski definition) is 4. The van der Waals surface area contributed by atoms with Gasteiger partial charge in [-0.25, -0.2) is 4.79 Å². The fourth-order valence-corrected chi connectivity index (χ4v) is 2.56. The number of para-hydroxylation sites is 1. The Morgan fingerprint density at radius 3 is 2.52 bits per heavy atom. The minimum absolute atomic E-state index is 0.0592. The van der Waals surface area contributed by atoms with Crippen molar-refractivity contribution < 1.29 is 23.9 Å². The number of benzene rings is 1. The molecule has 0 radical (unpaired) electrons. The van der Waals surface area contributed by atoms with E-state index in [9.17, 15) is 19.5 Å². The number of carboxylic acid groups (broad SMARTS) is 1. The molecule has 1 aliphatic heterocycles. The first-order valence-electron chi connectivity index (χ1n) is 6.65. The van der Waals surface area contributed by atoms with Gasteiger partial charge in [-0.2, -0.15) is 0 Å². The number of furan rings is 1. The Kier molecular flexibility index (Phi) is 3.21. The standard InChI is InChI=1S/C15H13NO5/c17-12-6-3-7-13(18)16(12)8-10-9-4-1-2-5-11(9)21-14(10)15(19)20/h1-2,4-5H,3,6-8H2,(H,19,20). The quantitative estimate of drug-likeness (QED) is 0.874. The van der Waals surface area contributed by atoms with E-state index in [1.807, 2.05) is 0 Å². The van der Waals surface area contributed by atoms with E-state index in [-0.39, 0.29) is 24.1 Å². The molecule has 1 aromatic carbocycles. The van der Waals surface area contributed by atoms with Gasteiger partial charge in [0, 0.05) is 23.8 Å². The third-order valence-corrected chi connectivity index (χ3v) is 3.59.